The highest BCUT2D eigenvalue weighted by Crippen LogP contribution is 1.95. The van der Waals surface area contributed by atoms with Crippen molar-refractivity contribution in [2.75, 3.05) is 33.7 Å². The molecule has 0 aliphatic carbocycles. The van der Waals surface area contributed by atoms with Crippen LogP contribution in [0.15, 0.2) is 0 Å². The summed E-state index contributed by atoms with van der Waals surface area (Å²) < 4.78 is 0. The van der Waals surface area contributed by atoms with Crippen LogP contribution in [-0.2, 0) is 0 Å². The normalized spacial score (nSPS) is 13.8. The summed E-state index contributed by atoms with van der Waals surface area (Å²) in [7, 11) is 4.23. The first-order chi connectivity index (χ1) is 5.68. The Morgan fingerprint density at radius 2 is 2.00 bits per heavy atom. The van der Waals surface area contributed by atoms with Crippen LogP contribution in [0.5, 0.6) is 0 Å². The molecule has 3 nitrogen and oxygen atoms in total. The molecule has 0 aromatic carbocycles. The van der Waals surface area contributed by atoms with E-state index < -0.39 is 0 Å². The summed E-state index contributed by atoms with van der Waals surface area (Å²) in [4.78, 5) is 2.24. The van der Waals surface area contributed by atoms with Gasteiger partial charge in [-0.1, -0.05) is 0 Å². The SMILES string of the molecule is CC(CCNCCCN)N(C)C. The minimum Gasteiger partial charge on any atom is -0.330 e. The fraction of sp³-hybridized carbons (Fsp3) is 1.00. The minimum absolute atomic E-state index is 0.662. The predicted octanol–water partition coefficient (Wildman–Crippen LogP) is 0.265. The van der Waals surface area contributed by atoms with Gasteiger partial charge in [-0.25, -0.2) is 0 Å². The average Bonchev–Trinajstić information content (AvgIpc) is 2.03. The molecule has 3 N–H and O–H groups in total. The van der Waals surface area contributed by atoms with Crippen LogP contribution in [0.2, 0.25) is 0 Å². The third-order valence-electron chi connectivity index (χ3n) is 2.18. The van der Waals surface area contributed by atoms with Crippen molar-refractivity contribution in [3.63, 3.8) is 0 Å². The van der Waals surface area contributed by atoms with E-state index in [1.165, 1.54) is 6.42 Å². The second-order valence-electron chi connectivity index (χ2n) is 3.49. The first kappa shape index (κ1) is 11.9. The summed E-state index contributed by atoms with van der Waals surface area (Å²) in [6, 6.07) is 0.662. The zero-order valence-electron chi connectivity index (χ0n) is 8.64. The van der Waals surface area contributed by atoms with Crippen LogP contribution in [0.1, 0.15) is 19.8 Å². The smallest absolute Gasteiger partial charge is 0.00729 e. The average molecular weight is 173 g/mol. The molecule has 0 aliphatic rings. The Hall–Kier alpha value is -0.120. The van der Waals surface area contributed by atoms with Crippen molar-refractivity contribution < 1.29 is 0 Å². The molecule has 0 amide bonds. The van der Waals surface area contributed by atoms with E-state index in [4.69, 9.17) is 5.73 Å². The summed E-state index contributed by atoms with van der Waals surface area (Å²) in [5.74, 6) is 0. The highest BCUT2D eigenvalue weighted by atomic mass is 15.1. The number of rotatable bonds is 7. The maximum absolute atomic E-state index is 5.37. The van der Waals surface area contributed by atoms with Crippen LogP contribution in [0, 0.1) is 0 Å². The lowest BCUT2D eigenvalue weighted by molar-refractivity contribution is 0.296. The Kier molecular flexibility index (Phi) is 7.45. The highest BCUT2D eigenvalue weighted by molar-refractivity contribution is 4.61. The lowest BCUT2D eigenvalue weighted by Crippen LogP contribution is -2.29. The van der Waals surface area contributed by atoms with Gasteiger partial charge in [0.05, 0.1) is 0 Å². The summed E-state index contributed by atoms with van der Waals surface area (Å²) in [5, 5.41) is 3.37. The predicted molar refractivity (Wildman–Crippen MR) is 54.3 cm³/mol. The van der Waals surface area contributed by atoms with E-state index in [1.807, 2.05) is 0 Å². The molecule has 0 aromatic rings. The van der Waals surface area contributed by atoms with Gasteiger partial charge < -0.3 is 16.0 Å². The number of hydrogen-bond donors (Lipinski definition) is 2. The van der Waals surface area contributed by atoms with Gasteiger partial charge in [0.25, 0.3) is 0 Å². The molecule has 12 heavy (non-hydrogen) atoms. The summed E-state index contributed by atoms with van der Waals surface area (Å²) in [6.07, 6.45) is 2.29. The Morgan fingerprint density at radius 3 is 2.50 bits per heavy atom. The molecular formula is C9H23N3. The van der Waals surface area contributed by atoms with Crippen LogP contribution in [0.25, 0.3) is 0 Å². The molecule has 0 saturated heterocycles. The van der Waals surface area contributed by atoms with E-state index >= 15 is 0 Å². The topological polar surface area (TPSA) is 41.3 Å². The van der Waals surface area contributed by atoms with Crippen molar-refractivity contribution in [1.82, 2.24) is 10.2 Å². The fourth-order valence-corrected chi connectivity index (χ4v) is 0.921. The van der Waals surface area contributed by atoms with Crippen molar-refractivity contribution >= 4 is 0 Å². The summed E-state index contributed by atoms with van der Waals surface area (Å²) in [6.45, 7) is 5.18. The second-order valence-corrected chi connectivity index (χ2v) is 3.49. The molecule has 1 atom stereocenters. The lowest BCUT2D eigenvalue weighted by atomic mass is 10.2. The maximum Gasteiger partial charge on any atom is 0.00729 e. The van der Waals surface area contributed by atoms with E-state index in [0.717, 1.165) is 26.1 Å². The molecule has 3 heteroatoms. The van der Waals surface area contributed by atoms with E-state index in [0.29, 0.717) is 6.04 Å². The molecule has 0 spiro atoms. The van der Waals surface area contributed by atoms with Crippen molar-refractivity contribution in [3.8, 4) is 0 Å². The Labute approximate surface area is 76.3 Å². The highest BCUT2D eigenvalue weighted by Gasteiger charge is 2.02. The Morgan fingerprint density at radius 1 is 1.33 bits per heavy atom. The molecule has 0 aromatic heterocycles. The van der Waals surface area contributed by atoms with Crippen molar-refractivity contribution in [2.45, 2.75) is 25.8 Å². The lowest BCUT2D eigenvalue weighted by Gasteiger charge is -2.19. The largest absolute Gasteiger partial charge is 0.330 e. The second kappa shape index (κ2) is 7.53. The third kappa shape index (κ3) is 6.58. The van der Waals surface area contributed by atoms with Gasteiger partial charge in [-0.05, 0) is 53.5 Å². The first-order valence-electron chi connectivity index (χ1n) is 4.75. The van der Waals surface area contributed by atoms with Gasteiger partial charge >= 0.3 is 0 Å². The zero-order chi connectivity index (χ0) is 9.40. The molecule has 0 fully saturated rings. The maximum atomic E-state index is 5.37. The van der Waals surface area contributed by atoms with Gasteiger partial charge in [0.15, 0.2) is 0 Å². The molecule has 74 valence electrons. The summed E-state index contributed by atoms with van der Waals surface area (Å²) in [5.41, 5.74) is 5.37. The van der Waals surface area contributed by atoms with Crippen LogP contribution < -0.4 is 11.1 Å². The van der Waals surface area contributed by atoms with Gasteiger partial charge in [0.2, 0.25) is 0 Å². The quantitative estimate of drug-likeness (QED) is 0.543. The van der Waals surface area contributed by atoms with Gasteiger partial charge in [-0.3, -0.25) is 0 Å². The van der Waals surface area contributed by atoms with Crippen LogP contribution in [0.4, 0.5) is 0 Å². The number of nitrogens with two attached hydrogens (primary N) is 1. The monoisotopic (exact) mass is 173 g/mol. The van der Waals surface area contributed by atoms with Crippen molar-refractivity contribution in [1.29, 1.82) is 0 Å². The van der Waals surface area contributed by atoms with Crippen LogP contribution in [-0.4, -0.2) is 44.7 Å². The van der Waals surface area contributed by atoms with Crippen molar-refractivity contribution in [2.24, 2.45) is 5.73 Å². The molecule has 0 bridgehead atoms. The molecule has 0 rings (SSSR count). The van der Waals surface area contributed by atoms with E-state index in [1.54, 1.807) is 0 Å². The first-order valence-corrected chi connectivity index (χ1v) is 4.75. The third-order valence-corrected chi connectivity index (χ3v) is 2.18. The zero-order valence-corrected chi connectivity index (χ0v) is 8.64. The van der Waals surface area contributed by atoms with Gasteiger partial charge in [0.1, 0.15) is 0 Å². The van der Waals surface area contributed by atoms with E-state index in [2.05, 4.69) is 31.2 Å². The molecule has 0 aliphatic heterocycles. The fourth-order valence-electron chi connectivity index (χ4n) is 0.921. The standard InChI is InChI=1S/C9H23N3/c1-9(12(2)3)5-8-11-7-4-6-10/h9,11H,4-8,10H2,1-3H3. The minimum atomic E-state index is 0.662. The Bertz CT molecular complexity index is 93.8. The molecule has 1 unspecified atom stereocenters. The molecule has 0 heterocycles. The van der Waals surface area contributed by atoms with Gasteiger partial charge in [-0.2, -0.15) is 0 Å². The number of hydrogen-bond acceptors (Lipinski definition) is 3. The molecule has 0 saturated carbocycles. The number of nitrogens with one attached hydrogen (secondary N) is 1. The molecule has 0 radical (unpaired) electrons. The van der Waals surface area contributed by atoms with Gasteiger partial charge in [0, 0.05) is 6.04 Å². The van der Waals surface area contributed by atoms with Crippen LogP contribution in [0.3, 0.4) is 0 Å². The molecular weight excluding hydrogens is 150 g/mol. The Balaban J connectivity index is 3.08. The van der Waals surface area contributed by atoms with E-state index in [9.17, 15) is 0 Å². The van der Waals surface area contributed by atoms with Gasteiger partial charge in [-0.15, -0.1) is 0 Å². The van der Waals surface area contributed by atoms with E-state index in [-0.39, 0.29) is 0 Å². The summed E-state index contributed by atoms with van der Waals surface area (Å²) >= 11 is 0. The number of nitrogens with zero attached hydrogens (tertiary/aromatic N) is 1. The van der Waals surface area contributed by atoms with Crippen molar-refractivity contribution in [3.05, 3.63) is 0 Å². The van der Waals surface area contributed by atoms with Crippen LogP contribution >= 0.6 is 0 Å².